The van der Waals surface area contributed by atoms with Gasteiger partial charge in [-0.2, -0.15) is 0 Å². The summed E-state index contributed by atoms with van der Waals surface area (Å²) in [4.78, 5) is 2.49. The topological polar surface area (TPSA) is 3.24 Å². The van der Waals surface area contributed by atoms with Crippen LogP contribution in [0.5, 0.6) is 0 Å². The van der Waals surface area contributed by atoms with Crippen LogP contribution in [0.2, 0.25) is 0 Å². The fourth-order valence-corrected chi connectivity index (χ4v) is 10.0. The standard InChI is InChI=1S/C64H43N/c1-4-19-44(20-5-1)45-35-37-50(38-36-45)65(51-39-40-54(46-21-6-2-7-22-46)60(43-51)47-23-8-3-9-24-47)63-34-18-33-59(61-41-48-25-10-12-27-52(48)55-29-14-16-31-57(55)61)64(63)62-42-49-26-11-13-28-53(49)56-30-15-17-32-58(56)62/h1-43H. The van der Waals surface area contributed by atoms with Gasteiger partial charge in [-0.1, -0.05) is 218 Å². The zero-order valence-electron chi connectivity index (χ0n) is 35.8. The van der Waals surface area contributed by atoms with Gasteiger partial charge in [-0.25, -0.2) is 0 Å². The zero-order valence-corrected chi connectivity index (χ0v) is 35.8. The lowest BCUT2D eigenvalue weighted by Gasteiger charge is -2.31. The molecule has 0 aliphatic carbocycles. The van der Waals surface area contributed by atoms with E-state index < -0.39 is 0 Å². The van der Waals surface area contributed by atoms with E-state index in [9.17, 15) is 0 Å². The van der Waals surface area contributed by atoms with Crippen molar-refractivity contribution in [2.45, 2.75) is 0 Å². The first-order valence-corrected chi connectivity index (χ1v) is 22.4. The van der Waals surface area contributed by atoms with Crippen molar-refractivity contribution in [2.24, 2.45) is 0 Å². The lowest BCUT2D eigenvalue weighted by molar-refractivity contribution is 1.28. The molecule has 0 fully saturated rings. The first-order chi connectivity index (χ1) is 32.3. The van der Waals surface area contributed by atoms with Crippen molar-refractivity contribution in [1.82, 2.24) is 0 Å². The summed E-state index contributed by atoms with van der Waals surface area (Å²) in [6.45, 7) is 0. The van der Waals surface area contributed by atoms with Gasteiger partial charge in [0, 0.05) is 16.9 Å². The van der Waals surface area contributed by atoms with E-state index in [0.717, 1.165) is 17.1 Å². The molecule has 0 N–H and O–H groups in total. The molecule has 0 aromatic heterocycles. The Morgan fingerprint density at radius 2 is 0.662 bits per heavy atom. The number of nitrogens with zero attached hydrogens (tertiary/aromatic N) is 1. The Labute approximate surface area is 379 Å². The van der Waals surface area contributed by atoms with Gasteiger partial charge in [0.25, 0.3) is 0 Å². The molecule has 304 valence electrons. The third kappa shape index (κ3) is 6.82. The maximum atomic E-state index is 2.49. The lowest BCUT2D eigenvalue weighted by Crippen LogP contribution is -2.12. The molecule has 0 amide bonds. The summed E-state index contributed by atoms with van der Waals surface area (Å²) in [5.74, 6) is 0. The molecule has 0 saturated carbocycles. The van der Waals surface area contributed by atoms with E-state index in [1.165, 1.54) is 98.7 Å². The fourth-order valence-electron chi connectivity index (χ4n) is 10.0. The van der Waals surface area contributed by atoms with Gasteiger partial charge in [-0.15, -0.1) is 0 Å². The minimum absolute atomic E-state index is 1.07. The van der Waals surface area contributed by atoms with E-state index in [4.69, 9.17) is 0 Å². The van der Waals surface area contributed by atoms with Crippen LogP contribution in [0.3, 0.4) is 0 Å². The van der Waals surface area contributed by atoms with Gasteiger partial charge in [0.2, 0.25) is 0 Å². The smallest absolute Gasteiger partial charge is 0.0546 e. The summed E-state index contributed by atoms with van der Waals surface area (Å²) in [5.41, 5.74) is 15.1. The van der Waals surface area contributed by atoms with Gasteiger partial charge >= 0.3 is 0 Å². The molecule has 0 unspecified atom stereocenters. The molecule has 0 spiro atoms. The Hall–Kier alpha value is -8.52. The minimum atomic E-state index is 1.07. The van der Waals surface area contributed by atoms with Crippen molar-refractivity contribution in [3.05, 3.63) is 261 Å². The first kappa shape index (κ1) is 38.2. The highest BCUT2D eigenvalue weighted by Gasteiger charge is 2.25. The van der Waals surface area contributed by atoms with Gasteiger partial charge in [-0.05, 0) is 136 Å². The largest absolute Gasteiger partial charge is 0.310 e. The van der Waals surface area contributed by atoms with Crippen LogP contribution < -0.4 is 4.90 Å². The lowest BCUT2D eigenvalue weighted by atomic mass is 9.85. The second-order valence-electron chi connectivity index (χ2n) is 16.8. The Morgan fingerprint density at radius 3 is 1.26 bits per heavy atom. The van der Waals surface area contributed by atoms with Crippen molar-refractivity contribution < 1.29 is 0 Å². The van der Waals surface area contributed by atoms with Gasteiger partial charge in [0.05, 0.1) is 5.69 Å². The molecule has 1 heteroatoms. The molecular weight excluding hydrogens is 783 g/mol. The van der Waals surface area contributed by atoms with Crippen molar-refractivity contribution in [3.8, 4) is 55.6 Å². The molecule has 0 aliphatic heterocycles. The normalized spacial score (nSPS) is 11.4. The van der Waals surface area contributed by atoms with Crippen LogP contribution >= 0.6 is 0 Å². The van der Waals surface area contributed by atoms with Crippen LogP contribution in [0.25, 0.3) is 98.7 Å². The average Bonchev–Trinajstić information content (AvgIpc) is 3.39. The molecule has 0 bridgehead atoms. The van der Waals surface area contributed by atoms with Crippen molar-refractivity contribution in [2.75, 3.05) is 4.90 Å². The Bertz CT molecular complexity index is 3690. The Kier molecular flexibility index (Phi) is 9.58. The summed E-state index contributed by atoms with van der Waals surface area (Å²) in [5, 5.41) is 9.87. The number of anilines is 3. The third-order valence-electron chi connectivity index (χ3n) is 13.0. The summed E-state index contributed by atoms with van der Waals surface area (Å²) < 4.78 is 0. The summed E-state index contributed by atoms with van der Waals surface area (Å²) in [6, 6.07) is 95.6. The molecule has 1 nitrogen and oxygen atoms in total. The van der Waals surface area contributed by atoms with Crippen LogP contribution in [0, 0.1) is 0 Å². The summed E-state index contributed by atoms with van der Waals surface area (Å²) in [6.07, 6.45) is 0. The van der Waals surface area contributed by atoms with Gasteiger partial charge in [0.1, 0.15) is 0 Å². The van der Waals surface area contributed by atoms with Crippen molar-refractivity contribution in [3.63, 3.8) is 0 Å². The number of hydrogen-bond donors (Lipinski definition) is 0. The van der Waals surface area contributed by atoms with Gasteiger partial charge in [-0.3, -0.25) is 0 Å². The molecule has 0 atom stereocenters. The molecular formula is C64H43N. The first-order valence-electron chi connectivity index (χ1n) is 22.4. The second-order valence-corrected chi connectivity index (χ2v) is 16.8. The Morgan fingerprint density at radius 1 is 0.215 bits per heavy atom. The second kappa shape index (κ2) is 16.3. The van der Waals surface area contributed by atoms with Crippen LogP contribution in [-0.2, 0) is 0 Å². The van der Waals surface area contributed by atoms with Crippen molar-refractivity contribution >= 4 is 60.2 Å². The number of hydrogen-bond acceptors (Lipinski definition) is 1. The van der Waals surface area contributed by atoms with Gasteiger partial charge < -0.3 is 4.90 Å². The maximum Gasteiger partial charge on any atom is 0.0546 e. The van der Waals surface area contributed by atoms with E-state index in [1.54, 1.807) is 0 Å². The molecule has 65 heavy (non-hydrogen) atoms. The highest BCUT2D eigenvalue weighted by Crippen LogP contribution is 2.51. The van der Waals surface area contributed by atoms with Crippen LogP contribution in [0.4, 0.5) is 17.1 Å². The number of rotatable bonds is 8. The van der Waals surface area contributed by atoms with Crippen LogP contribution in [0.15, 0.2) is 261 Å². The van der Waals surface area contributed by atoms with E-state index in [0.29, 0.717) is 0 Å². The molecule has 0 radical (unpaired) electrons. The predicted molar refractivity (Wildman–Crippen MR) is 278 cm³/mol. The van der Waals surface area contributed by atoms with Gasteiger partial charge in [0.15, 0.2) is 0 Å². The molecule has 12 rings (SSSR count). The Balaban J connectivity index is 1.20. The quantitative estimate of drug-likeness (QED) is 0.138. The monoisotopic (exact) mass is 825 g/mol. The third-order valence-corrected chi connectivity index (χ3v) is 13.0. The molecule has 0 saturated heterocycles. The predicted octanol–water partition coefficient (Wildman–Crippen LogP) is 18.1. The van der Waals surface area contributed by atoms with E-state index in [2.05, 4.69) is 266 Å². The van der Waals surface area contributed by atoms with E-state index in [1.807, 2.05) is 0 Å². The number of benzene rings is 12. The molecule has 12 aromatic carbocycles. The van der Waals surface area contributed by atoms with Crippen molar-refractivity contribution in [1.29, 1.82) is 0 Å². The number of fused-ring (bicyclic) bond motifs is 6. The molecule has 0 heterocycles. The van der Waals surface area contributed by atoms with Crippen LogP contribution in [-0.4, -0.2) is 0 Å². The zero-order chi connectivity index (χ0) is 43.1. The molecule has 12 aromatic rings. The maximum absolute atomic E-state index is 2.49. The highest BCUT2D eigenvalue weighted by atomic mass is 15.1. The SMILES string of the molecule is c1ccc(-c2ccc(N(c3ccc(-c4ccccc4)c(-c4ccccc4)c3)c3cccc(-c4cc5ccccc5c5ccccc45)c3-c3cc4ccccc4c4ccccc34)cc2)cc1. The average molecular weight is 826 g/mol. The minimum Gasteiger partial charge on any atom is -0.310 e. The fraction of sp³-hybridized carbons (Fsp3) is 0. The summed E-state index contributed by atoms with van der Waals surface area (Å²) >= 11 is 0. The summed E-state index contributed by atoms with van der Waals surface area (Å²) in [7, 11) is 0. The van der Waals surface area contributed by atoms with Crippen LogP contribution in [0.1, 0.15) is 0 Å². The highest BCUT2D eigenvalue weighted by molar-refractivity contribution is 6.20. The molecule has 0 aliphatic rings. The van der Waals surface area contributed by atoms with E-state index in [-0.39, 0.29) is 0 Å². The van der Waals surface area contributed by atoms with E-state index >= 15 is 0 Å².